The van der Waals surface area contributed by atoms with Gasteiger partial charge in [0.15, 0.2) is 0 Å². The highest BCUT2D eigenvalue weighted by molar-refractivity contribution is 8.02. The summed E-state index contributed by atoms with van der Waals surface area (Å²) < 4.78 is -0.678. The van der Waals surface area contributed by atoms with Crippen LogP contribution in [0.2, 0.25) is 0 Å². The van der Waals surface area contributed by atoms with Crippen LogP contribution in [0.1, 0.15) is 60.3 Å². The van der Waals surface area contributed by atoms with Crippen LogP contribution in [0.25, 0.3) is 0 Å². The van der Waals surface area contributed by atoms with Crippen LogP contribution in [-0.4, -0.2) is 80.4 Å². The SMILES string of the molecule is C=CCN(C(=O)[C@@H]1[C@@H]2CCC3(S2)C(C(=O)N(CC=C)C(C)(C)CC(C)(C)C)N(CCCO)C(=O)[C@H]13)c1ccccc1. The first-order valence-corrected chi connectivity index (χ1v) is 15.7. The number of para-hydroxylation sites is 1. The summed E-state index contributed by atoms with van der Waals surface area (Å²) in [4.78, 5) is 48.7. The number of benzene rings is 1. The highest BCUT2D eigenvalue weighted by atomic mass is 32.2. The first kappa shape index (κ1) is 31.4. The molecule has 4 rings (SSSR count). The number of carbonyl (C=O) groups excluding carboxylic acids is 3. The molecule has 3 saturated heterocycles. The van der Waals surface area contributed by atoms with Crippen molar-refractivity contribution in [3.63, 3.8) is 0 Å². The Bertz CT molecular complexity index is 1160. The fraction of sp³-hybridized carbons (Fsp3) is 0.606. The molecule has 0 radical (unpaired) electrons. The van der Waals surface area contributed by atoms with Crippen molar-refractivity contribution in [3.8, 4) is 0 Å². The lowest BCUT2D eigenvalue weighted by molar-refractivity contribution is -0.146. The second-order valence-electron chi connectivity index (χ2n) is 13.5. The predicted molar refractivity (Wildman–Crippen MR) is 167 cm³/mol. The van der Waals surface area contributed by atoms with E-state index in [1.54, 1.807) is 33.7 Å². The van der Waals surface area contributed by atoms with Crippen molar-refractivity contribution in [1.82, 2.24) is 9.80 Å². The highest BCUT2D eigenvalue weighted by Gasteiger charge is 2.74. The van der Waals surface area contributed by atoms with Gasteiger partial charge >= 0.3 is 0 Å². The maximum Gasteiger partial charge on any atom is 0.247 e. The third-order valence-electron chi connectivity index (χ3n) is 8.79. The van der Waals surface area contributed by atoms with Gasteiger partial charge in [-0.2, -0.15) is 0 Å². The summed E-state index contributed by atoms with van der Waals surface area (Å²) in [7, 11) is 0. The third-order valence-corrected chi connectivity index (χ3v) is 10.7. The lowest BCUT2D eigenvalue weighted by atomic mass is 9.70. The Labute approximate surface area is 250 Å². The molecule has 1 aromatic carbocycles. The molecule has 41 heavy (non-hydrogen) atoms. The average molecular weight is 582 g/mol. The van der Waals surface area contributed by atoms with Crippen LogP contribution in [0.5, 0.6) is 0 Å². The molecule has 7 nitrogen and oxygen atoms in total. The maximum atomic E-state index is 14.7. The van der Waals surface area contributed by atoms with Crippen molar-refractivity contribution in [2.75, 3.05) is 31.1 Å². The molecule has 2 bridgehead atoms. The van der Waals surface area contributed by atoms with Crippen LogP contribution in [0.3, 0.4) is 0 Å². The van der Waals surface area contributed by atoms with Gasteiger partial charge in [-0.15, -0.1) is 24.9 Å². The molecule has 3 heterocycles. The molecule has 3 aliphatic heterocycles. The van der Waals surface area contributed by atoms with Crippen molar-refractivity contribution in [3.05, 3.63) is 55.6 Å². The molecule has 3 aliphatic rings. The Morgan fingerprint density at radius 2 is 1.76 bits per heavy atom. The summed E-state index contributed by atoms with van der Waals surface area (Å²) >= 11 is 1.68. The molecule has 1 N–H and O–H groups in total. The topological polar surface area (TPSA) is 81.2 Å². The van der Waals surface area contributed by atoms with Crippen molar-refractivity contribution in [1.29, 1.82) is 0 Å². The molecule has 2 unspecified atom stereocenters. The number of aliphatic hydroxyl groups is 1. The predicted octanol–water partition coefficient (Wildman–Crippen LogP) is 4.91. The largest absolute Gasteiger partial charge is 0.396 e. The van der Waals surface area contributed by atoms with E-state index in [1.165, 1.54) is 0 Å². The van der Waals surface area contributed by atoms with Gasteiger partial charge in [0.05, 0.1) is 16.6 Å². The lowest BCUT2D eigenvalue weighted by Crippen LogP contribution is -2.60. The Balaban J connectivity index is 1.76. The van der Waals surface area contributed by atoms with Gasteiger partial charge in [0.1, 0.15) is 6.04 Å². The van der Waals surface area contributed by atoms with E-state index in [4.69, 9.17) is 0 Å². The van der Waals surface area contributed by atoms with E-state index < -0.39 is 28.2 Å². The molecular weight excluding hydrogens is 534 g/mol. The number of fused-ring (bicyclic) bond motifs is 1. The number of carbonyl (C=O) groups is 3. The molecule has 1 aromatic rings. The Morgan fingerprint density at radius 3 is 2.34 bits per heavy atom. The second kappa shape index (κ2) is 12.0. The van der Waals surface area contributed by atoms with Gasteiger partial charge in [0.25, 0.3) is 0 Å². The number of rotatable bonds is 12. The van der Waals surface area contributed by atoms with Gasteiger partial charge in [-0.05, 0) is 57.1 Å². The number of likely N-dealkylation sites (tertiary alicyclic amines) is 1. The third kappa shape index (κ3) is 5.74. The molecule has 5 atom stereocenters. The summed E-state index contributed by atoms with van der Waals surface area (Å²) in [6.45, 7) is 19.4. The Morgan fingerprint density at radius 1 is 1.10 bits per heavy atom. The fourth-order valence-electron chi connectivity index (χ4n) is 7.74. The number of amides is 3. The van der Waals surface area contributed by atoms with Crippen LogP contribution in [-0.2, 0) is 14.4 Å². The average Bonchev–Trinajstić information content (AvgIpc) is 3.54. The number of thioether (sulfide) groups is 1. The van der Waals surface area contributed by atoms with E-state index in [0.29, 0.717) is 25.9 Å². The van der Waals surface area contributed by atoms with Crippen LogP contribution in [0.4, 0.5) is 5.69 Å². The van der Waals surface area contributed by atoms with Gasteiger partial charge in [-0.25, -0.2) is 0 Å². The maximum absolute atomic E-state index is 14.7. The molecule has 224 valence electrons. The summed E-state index contributed by atoms with van der Waals surface area (Å²) in [5.41, 5.74) is 0.278. The van der Waals surface area contributed by atoms with Gasteiger partial charge in [0.2, 0.25) is 17.7 Å². The van der Waals surface area contributed by atoms with Gasteiger partial charge in [-0.3, -0.25) is 14.4 Å². The minimum absolute atomic E-state index is 0.0176. The van der Waals surface area contributed by atoms with Crippen LogP contribution in [0.15, 0.2) is 55.6 Å². The number of hydrogen-bond acceptors (Lipinski definition) is 5. The van der Waals surface area contributed by atoms with Crippen LogP contribution >= 0.6 is 11.8 Å². The van der Waals surface area contributed by atoms with E-state index in [-0.39, 0.29) is 41.5 Å². The van der Waals surface area contributed by atoms with E-state index in [9.17, 15) is 19.5 Å². The summed E-state index contributed by atoms with van der Waals surface area (Å²) in [5, 5.41) is 9.67. The summed E-state index contributed by atoms with van der Waals surface area (Å²) in [6.07, 6.45) is 6.12. The van der Waals surface area contributed by atoms with E-state index in [0.717, 1.165) is 18.5 Å². The monoisotopic (exact) mass is 581 g/mol. The fourth-order valence-corrected chi connectivity index (χ4v) is 9.95. The first-order valence-electron chi connectivity index (χ1n) is 14.8. The highest BCUT2D eigenvalue weighted by Crippen LogP contribution is 2.67. The van der Waals surface area contributed by atoms with Crippen LogP contribution < -0.4 is 4.90 Å². The molecule has 0 aliphatic carbocycles. The van der Waals surface area contributed by atoms with E-state index in [2.05, 4.69) is 47.8 Å². The zero-order valence-electron chi connectivity index (χ0n) is 25.3. The molecule has 1 spiro atoms. The molecule has 3 fully saturated rings. The number of hydrogen-bond donors (Lipinski definition) is 1. The summed E-state index contributed by atoms with van der Waals surface area (Å²) in [5.74, 6) is -1.41. The Hall–Kier alpha value is -2.58. The van der Waals surface area contributed by atoms with Crippen molar-refractivity contribution < 1.29 is 19.5 Å². The molecule has 0 aromatic heterocycles. The van der Waals surface area contributed by atoms with E-state index in [1.807, 2.05) is 35.2 Å². The van der Waals surface area contributed by atoms with Crippen molar-refractivity contribution >= 4 is 35.2 Å². The normalized spacial score (nSPS) is 27.1. The minimum Gasteiger partial charge on any atom is -0.396 e. The number of nitrogens with zero attached hydrogens (tertiary/aromatic N) is 3. The molecular formula is C33H47N3O4S. The Kier molecular flexibility index (Phi) is 9.15. The molecule has 0 saturated carbocycles. The second-order valence-corrected chi connectivity index (χ2v) is 15.1. The van der Waals surface area contributed by atoms with Crippen molar-refractivity contribution in [2.24, 2.45) is 17.3 Å². The quantitative estimate of drug-likeness (QED) is 0.355. The number of anilines is 1. The summed E-state index contributed by atoms with van der Waals surface area (Å²) in [6, 6.07) is 8.82. The zero-order valence-corrected chi connectivity index (χ0v) is 26.2. The van der Waals surface area contributed by atoms with Crippen LogP contribution in [0, 0.1) is 17.3 Å². The van der Waals surface area contributed by atoms with Gasteiger partial charge in [-0.1, -0.05) is 51.1 Å². The first-order chi connectivity index (χ1) is 19.3. The van der Waals surface area contributed by atoms with E-state index >= 15 is 0 Å². The van der Waals surface area contributed by atoms with Crippen molar-refractivity contribution in [2.45, 2.75) is 81.9 Å². The van der Waals surface area contributed by atoms with Gasteiger partial charge < -0.3 is 19.8 Å². The lowest BCUT2D eigenvalue weighted by Gasteiger charge is -2.46. The molecule has 3 amide bonds. The minimum atomic E-state index is -0.692. The number of aliphatic hydroxyl groups excluding tert-OH is 1. The smallest absolute Gasteiger partial charge is 0.247 e. The zero-order chi connectivity index (χ0) is 30.2. The standard InChI is InChI=1S/C33H47N3O4S/c1-8-18-34(23-14-11-10-12-15-23)28(38)25-24-16-17-33(41-24)26(25)29(39)35(20-13-21-37)27(33)30(40)36(19-9-2)32(6,7)22-31(3,4)5/h8-12,14-15,24-27,37H,1-2,13,16-22H2,3-7H3/t24-,25+,26-,27?,33?/m0/s1. The molecule has 8 heteroatoms. The van der Waals surface area contributed by atoms with Gasteiger partial charge in [0, 0.05) is 42.7 Å².